The topological polar surface area (TPSA) is 43.4 Å². The number of ketones is 1. The number of rotatable bonds is 9. The van der Waals surface area contributed by atoms with E-state index >= 15 is 0 Å². The fraction of sp³-hybridized carbons (Fsp3) is 0.667. The molecule has 0 radical (unpaired) electrons. The van der Waals surface area contributed by atoms with Crippen LogP contribution < -0.4 is 0 Å². The van der Waals surface area contributed by atoms with Gasteiger partial charge in [-0.3, -0.25) is 0 Å². The molecule has 3 nitrogen and oxygen atoms in total. The highest BCUT2D eigenvalue weighted by atomic mass is 28.3. The Bertz CT molecular complexity index is 447. The van der Waals surface area contributed by atoms with E-state index in [-0.39, 0.29) is 11.8 Å². The molecule has 0 amide bonds. The molecule has 0 aromatic rings. The molecule has 0 unspecified atom stereocenters. The number of carbonyl (C=O) groups is 2. The highest BCUT2D eigenvalue weighted by Crippen LogP contribution is 2.15. The Morgan fingerprint density at radius 2 is 1.73 bits per heavy atom. The summed E-state index contributed by atoms with van der Waals surface area (Å²) in [5.74, 6) is 3.18. The largest absolute Gasteiger partial charge is 0.463 e. The third-order valence-electron chi connectivity index (χ3n) is 2.92. The maximum atomic E-state index is 11.6. The summed E-state index contributed by atoms with van der Waals surface area (Å²) >= 11 is 0. The van der Waals surface area contributed by atoms with E-state index in [4.69, 9.17) is 4.74 Å². The Morgan fingerprint density at radius 3 is 2.27 bits per heavy atom. The van der Waals surface area contributed by atoms with E-state index in [1.807, 2.05) is 0 Å². The second-order valence-electron chi connectivity index (χ2n) is 6.52. The van der Waals surface area contributed by atoms with Gasteiger partial charge in [0, 0.05) is 18.9 Å². The number of unbranched alkanes of at least 4 members (excludes halogenated alkanes) is 1. The van der Waals surface area contributed by atoms with Gasteiger partial charge in [0.2, 0.25) is 0 Å². The van der Waals surface area contributed by atoms with Gasteiger partial charge in [-0.15, -0.1) is 11.5 Å². The summed E-state index contributed by atoms with van der Waals surface area (Å²) in [6.07, 6.45) is 6.43. The lowest BCUT2D eigenvalue weighted by molar-refractivity contribution is -0.137. The minimum absolute atomic E-state index is 0.219. The van der Waals surface area contributed by atoms with Crippen molar-refractivity contribution < 1.29 is 14.3 Å². The monoisotopic (exact) mass is 322 g/mol. The predicted molar refractivity (Wildman–Crippen MR) is 94.2 cm³/mol. The lowest BCUT2D eigenvalue weighted by Gasteiger charge is -2.07. The summed E-state index contributed by atoms with van der Waals surface area (Å²) in [4.78, 5) is 22.6. The van der Waals surface area contributed by atoms with Crippen LogP contribution in [0.3, 0.4) is 0 Å². The van der Waals surface area contributed by atoms with Crippen molar-refractivity contribution in [2.24, 2.45) is 0 Å². The molecule has 0 atom stereocenters. The predicted octanol–water partition coefficient (Wildman–Crippen LogP) is 4.29. The average molecular weight is 323 g/mol. The normalized spacial score (nSPS) is 11.6. The van der Waals surface area contributed by atoms with Crippen molar-refractivity contribution in [2.45, 2.75) is 72.0 Å². The van der Waals surface area contributed by atoms with Gasteiger partial charge < -0.3 is 9.53 Å². The maximum Gasteiger partial charge on any atom is 0.330 e. The van der Waals surface area contributed by atoms with Gasteiger partial charge in [-0.2, -0.15) is 0 Å². The first kappa shape index (κ1) is 20.7. The van der Waals surface area contributed by atoms with Gasteiger partial charge >= 0.3 is 5.97 Å². The first-order valence-electron chi connectivity index (χ1n) is 8.10. The highest BCUT2D eigenvalue weighted by Gasteiger charge is 2.07. The van der Waals surface area contributed by atoms with Crippen LogP contribution in [0.4, 0.5) is 0 Å². The zero-order chi connectivity index (χ0) is 17.0. The lowest BCUT2D eigenvalue weighted by Crippen LogP contribution is -2.16. The van der Waals surface area contributed by atoms with Crippen LogP contribution in [-0.4, -0.2) is 26.4 Å². The van der Waals surface area contributed by atoms with E-state index < -0.39 is 8.07 Å². The molecule has 0 aliphatic heterocycles. The smallest absolute Gasteiger partial charge is 0.330 e. The number of hydrogen-bond acceptors (Lipinski definition) is 3. The molecule has 0 aliphatic rings. The van der Waals surface area contributed by atoms with Crippen molar-refractivity contribution in [1.29, 1.82) is 0 Å². The SMILES string of the molecule is CCOC(=O)/C=C(/CCC#C[Si](C)(C)C)CCCCC(C)=O. The molecule has 22 heavy (non-hydrogen) atoms. The zero-order valence-corrected chi connectivity index (χ0v) is 15.8. The number of Topliss-reactive ketones (excluding diaryl/α,β-unsaturated/α-hetero) is 1. The van der Waals surface area contributed by atoms with Crippen LogP contribution in [0, 0.1) is 11.5 Å². The molecule has 0 fully saturated rings. The molecule has 0 saturated heterocycles. The minimum atomic E-state index is -1.33. The maximum absolute atomic E-state index is 11.6. The van der Waals surface area contributed by atoms with Crippen molar-refractivity contribution >= 4 is 19.8 Å². The van der Waals surface area contributed by atoms with Crippen LogP contribution >= 0.6 is 0 Å². The van der Waals surface area contributed by atoms with Crippen LogP contribution in [-0.2, 0) is 14.3 Å². The Hall–Kier alpha value is -1.34. The van der Waals surface area contributed by atoms with E-state index in [2.05, 4.69) is 31.1 Å². The quantitative estimate of drug-likeness (QED) is 0.209. The molecular weight excluding hydrogens is 292 g/mol. The van der Waals surface area contributed by atoms with E-state index in [0.29, 0.717) is 13.0 Å². The van der Waals surface area contributed by atoms with Crippen molar-refractivity contribution in [3.8, 4) is 11.5 Å². The molecule has 0 aliphatic carbocycles. The minimum Gasteiger partial charge on any atom is -0.463 e. The Morgan fingerprint density at radius 1 is 1.09 bits per heavy atom. The molecule has 0 aromatic carbocycles. The van der Waals surface area contributed by atoms with Crippen LogP contribution in [0.5, 0.6) is 0 Å². The van der Waals surface area contributed by atoms with Crippen LogP contribution in [0.25, 0.3) is 0 Å². The fourth-order valence-electron chi connectivity index (χ4n) is 1.90. The van der Waals surface area contributed by atoms with Gasteiger partial charge in [0.1, 0.15) is 13.9 Å². The van der Waals surface area contributed by atoms with Crippen molar-refractivity contribution in [1.82, 2.24) is 0 Å². The van der Waals surface area contributed by atoms with Crippen LogP contribution in [0.15, 0.2) is 11.6 Å². The van der Waals surface area contributed by atoms with E-state index in [0.717, 1.165) is 37.7 Å². The summed E-state index contributed by atoms with van der Waals surface area (Å²) in [6.45, 7) is 10.5. The van der Waals surface area contributed by atoms with Crippen molar-refractivity contribution in [3.05, 3.63) is 11.6 Å². The Balaban J connectivity index is 4.48. The highest BCUT2D eigenvalue weighted by molar-refractivity contribution is 6.83. The molecule has 0 spiro atoms. The van der Waals surface area contributed by atoms with Gasteiger partial charge in [0.15, 0.2) is 0 Å². The fourth-order valence-corrected chi connectivity index (χ4v) is 2.55. The number of esters is 1. The summed E-state index contributed by atoms with van der Waals surface area (Å²) in [6, 6.07) is 0. The second-order valence-corrected chi connectivity index (χ2v) is 11.3. The van der Waals surface area contributed by atoms with E-state index in [1.165, 1.54) is 0 Å². The average Bonchev–Trinajstić information content (AvgIpc) is 2.38. The summed E-state index contributed by atoms with van der Waals surface area (Å²) in [5.41, 5.74) is 4.41. The third-order valence-corrected chi connectivity index (χ3v) is 3.85. The third kappa shape index (κ3) is 13.6. The summed E-state index contributed by atoms with van der Waals surface area (Å²) in [7, 11) is -1.33. The second kappa shape index (κ2) is 11.3. The van der Waals surface area contributed by atoms with E-state index in [1.54, 1.807) is 19.9 Å². The molecule has 0 saturated carbocycles. The molecule has 4 heteroatoms. The Labute approximate surface area is 136 Å². The number of ether oxygens (including phenoxy) is 1. The molecular formula is C18H30O3Si. The molecule has 0 heterocycles. The van der Waals surface area contributed by atoms with Gasteiger partial charge in [0.25, 0.3) is 0 Å². The standard InChI is InChI=1S/C18H30O3Si/c1-6-21-18(20)15-17(12-8-7-11-16(2)19)13-9-10-14-22(3,4)5/h15H,6-9,11-13H2,1-5H3/b17-15+. The van der Waals surface area contributed by atoms with Crippen LogP contribution in [0.2, 0.25) is 19.6 Å². The van der Waals surface area contributed by atoms with E-state index in [9.17, 15) is 9.59 Å². The molecule has 124 valence electrons. The number of hydrogen-bond donors (Lipinski definition) is 0. The molecule has 0 aromatic heterocycles. The molecule has 0 rings (SSSR count). The molecule has 0 N–H and O–H groups in total. The van der Waals surface area contributed by atoms with Gasteiger partial charge in [-0.05, 0) is 39.5 Å². The first-order valence-corrected chi connectivity index (χ1v) is 11.6. The van der Waals surface area contributed by atoms with Crippen molar-refractivity contribution in [3.63, 3.8) is 0 Å². The zero-order valence-electron chi connectivity index (χ0n) is 14.8. The Kier molecular flexibility index (Phi) is 10.6. The van der Waals surface area contributed by atoms with Gasteiger partial charge in [-0.25, -0.2) is 4.79 Å². The van der Waals surface area contributed by atoms with Crippen molar-refractivity contribution in [2.75, 3.05) is 6.61 Å². The number of carbonyl (C=O) groups excluding carboxylic acids is 2. The summed E-state index contributed by atoms with van der Waals surface area (Å²) in [5, 5.41) is 0. The van der Waals surface area contributed by atoms with Crippen LogP contribution in [0.1, 0.15) is 52.4 Å². The number of allylic oxidation sites excluding steroid dienone is 1. The molecule has 0 bridgehead atoms. The van der Waals surface area contributed by atoms with Gasteiger partial charge in [-0.1, -0.05) is 25.2 Å². The first-order chi connectivity index (χ1) is 10.2. The van der Waals surface area contributed by atoms with Gasteiger partial charge in [0.05, 0.1) is 6.61 Å². The summed E-state index contributed by atoms with van der Waals surface area (Å²) < 4.78 is 4.98. The lowest BCUT2D eigenvalue weighted by atomic mass is 10.0.